The normalized spacial score (nSPS) is 18.1. The van der Waals surface area contributed by atoms with E-state index in [-0.39, 0.29) is 6.10 Å². The molecule has 78 valence electrons. The first kappa shape index (κ1) is 10.2. The van der Waals surface area contributed by atoms with Gasteiger partial charge in [0.25, 0.3) is 5.24 Å². The van der Waals surface area contributed by atoms with Crippen LogP contribution in [0.5, 0.6) is 5.75 Å². The van der Waals surface area contributed by atoms with Crippen LogP contribution in [-0.2, 0) is 6.42 Å². The second-order valence-corrected chi connectivity index (χ2v) is 4.10. The molecule has 0 amide bonds. The zero-order valence-electron chi connectivity index (χ0n) is 8.42. The minimum Gasteiger partial charge on any atom is -0.485 e. The standard InChI is InChI=1S/C12H11ClO2/c1-7(2)10-5-8-3-4-9(12(13)14)6-11(8)15-10/h3-4,6,10H,1,5H2,2H3. The van der Waals surface area contributed by atoms with Crippen LogP contribution < -0.4 is 4.74 Å². The van der Waals surface area contributed by atoms with Gasteiger partial charge in [0.1, 0.15) is 11.9 Å². The maximum Gasteiger partial charge on any atom is 0.252 e. The van der Waals surface area contributed by atoms with Gasteiger partial charge in [0.2, 0.25) is 0 Å². The molecule has 0 fully saturated rings. The first-order chi connectivity index (χ1) is 7.08. The van der Waals surface area contributed by atoms with Crippen molar-refractivity contribution in [1.29, 1.82) is 0 Å². The van der Waals surface area contributed by atoms with Crippen molar-refractivity contribution in [3.63, 3.8) is 0 Å². The molecule has 3 heteroatoms. The molecule has 15 heavy (non-hydrogen) atoms. The Kier molecular flexibility index (Phi) is 2.53. The monoisotopic (exact) mass is 222 g/mol. The van der Waals surface area contributed by atoms with Gasteiger partial charge in [0, 0.05) is 12.0 Å². The highest BCUT2D eigenvalue weighted by molar-refractivity contribution is 6.67. The summed E-state index contributed by atoms with van der Waals surface area (Å²) in [5, 5.41) is -0.458. The predicted molar refractivity (Wildman–Crippen MR) is 59.6 cm³/mol. The van der Waals surface area contributed by atoms with Crippen LogP contribution in [0.1, 0.15) is 22.8 Å². The number of carbonyl (C=O) groups is 1. The topological polar surface area (TPSA) is 26.3 Å². The second kappa shape index (κ2) is 3.70. The van der Waals surface area contributed by atoms with Crippen molar-refractivity contribution < 1.29 is 9.53 Å². The van der Waals surface area contributed by atoms with Crippen LogP contribution >= 0.6 is 11.6 Å². The summed E-state index contributed by atoms with van der Waals surface area (Å²) in [7, 11) is 0. The Morgan fingerprint density at radius 1 is 1.60 bits per heavy atom. The summed E-state index contributed by atoms with van der Waals surface area (Å²) in [6, 6.07) is 5.29. The number of carbonyl (C=O) groups excluding carboxylic acids is 1. The molecule has 0 aromatic heterocycles. The minimum absolute atomic E-state index is 0.0284. The first-order valence-corrected chi connectivity index (χ1v) is 5.10. The van der Waals surface area contributed by atoms with E-state index in [1.54, 1.807) is 12.1 Å². The van der Waals surface area contributed by atoms with Gasteiger partial charge in [0.05, 0.1) is 0 Å². The summed E-state index contributed by atoms with van der Waals surface area (Å²) in [5.41, 5.74) is 2.56. The number of halogens is 1. The van der Waals surface area contributed by atoms with Gasteiger partial charge in [-0.05, 0) is 41.8 Å². The highest BCUT2D eigenvalue weighted by Crippen LogP contribution is 2.32. The molecule has 1 unspecified atom stereocenters. The lowest BCUT2D eigenvalue weighted by molar-refractivity contribution is 0.108. The zero-order chi connectivity index (χ0) is 11.0. The fraction of sp³-hybridized carbons (Fsp3) is 0.250. The number of ether oxygens (including phenoxy) is 1. The fourth-order valence-corrected chi connectivity index (χ4v) is 1.74. The summed E-state index contributed by atoms with van der Waals surface area (Å²) in [4.78, 5) is 11.0. The molecule has 2 nitrogen and oxygen atoms in total. The molecule has 0 aliphatic carbocycles. The molecule has 1 aromatic carbocycles. The van der Waals surface area contributed by atoms with Gasteiger partial charge in [-0.15, -0.1) is 0 Å². The van der Waals surface area contributed by atoms with Gasteiger partial charge in [-0.3, -0.25) is 4.79 Å². The van der Waals surface area contributed by atoms with E-state index in [0.717, 1.165) is 23.3 Å². The number of benzene rings is 1. The Labute approximate surface area is 93.5 Å². The fourth-order valence-electron chi connectivity index (χ4n) is 1.62. The third kappa shape index (κ3) is 1.90. The van der Waals surface area contributed by atoms with Gasteiger partial charge in [0.15, 0.2) is 0 Å². The minimum atomic E-state index is -0.458. The SMILES string of the molecule is C=C(C)C1Cc2ccc(C(=O)Cl)cc2O1. The highest BCUT2D eigenvalue weighted by atomic mass is 35.5. The van der Waals surface area contributed by atoms with Crippen LogP contribution in [0.2, 0.25) is 0 Å². The van der Waals surface area contributed by atoms with E-state index in [0.29, 0.717) is 5.56 Å². The number of hydrogen-bond donors (Lipinski definition) is 0. The smallest absolute Gasteiger partial charge is 0.252 e. The summed E-state index contributed by atoms with van der Waals surface area (Å²) in [6.07, 6.45) is 0.849. The Hall–Kier alpha value is -1.28. The third-order valence-electron chi connectivity index (χ3n) is 2.52. The maximum atomic E-state index is 11.0. The number of fused-ring (bicyclic) bond motifs is 1. The van der Waals surface area contributed by atoms with Crippen LogP contribution in [0.3, 0.4) is 0 Å². The van der Waals surface area contributed by atoms with E-state index >= 15 is 0 Å². The number of hydrogen-bond acceptors (Lipinski definition) is 2. The molecule has 1 heterocycles. The Balaban J connectivity index is 2.31. The van der Waals surface area contributed by atoms with Crippen molar-refractivity contribution in [2.45, 2.75) is 19.4 Å². The molecule has 0 saturated heterocycles. The lowest BCUT2D eigenvalue weighted by atomic mass is 10.1. The van der Waals surface area contributed by atoms with Crippen LogP contribution in [0.15, 0.2) is 30.4 Å². The van der Waals surface area contributed by atoms with Crippen molar-refractivity contribution in [1.82, 2.24) is 0 Å². The molecular weight excluding hydrogens is 212 g/mol. The quantitative estimate of drug-likeness (QED) is 0.568. The number of rotatable bonds is 2. The van der Waals surface area contributed by atoms with Gasteiger partial charge in [-0.1, -0.05) is 12.6 Å². The van der Waals surface area contributed by atoms with E-state index in [1.807, 2.05) is 13.0 Å². The molecule has 0 saturated carbocycles. The Morgan fingerprint density at radius 2 is 2.33 bits per heavy atom. The molecule has 0 radical (unpaired) electrons. The van der Waals surface area contributed by atoms with Crippen LogP contribution in [-0.4, -0.2) is 11.3 Å². The predicted octanol–water partition coefficient (Wildman–Crippen LogP) is 2.95. The Bertz CT molecular complexity index is 437. The lowest BCUT2D eigenvalue weighted by Crippen LogP contribution is -2.13. The van der Waals surface area contributed by atoms with E-state index in [2.05, 4.69) is 6.58 Å². The van der Waals surface area contributed by atoms with E-state index in [1.165, 1.54) is 0 Å². The van der Waals surface area contributed by atoms with Crippen molar-refractivity contribution in [3.05, 3.63) is 41.5 Å². The molecule has 1 atom stereocenters. The molecular formula is C12H11ClO2. The molecule has 1 aliphatic rings. The Morgan fingerprint density at radius 3 is 2.93 bits per heavy atom. The first-order valence-electron chi connectivity index (χ1n) is 4.72. The molecule has 0 spiro atoms. The van der Waals surface area contributed by atoms with Gasteiger partial charge >= 0.3 is 0 Å². The van der Waals surface area contributed by atoms with Crippen molar-refractivity contribution in [2.24, 2.45) is 0 Å². The molecule has 0 bridgehead atoms. The van der Waals surface area contributed by atoms with Gasteiger partial charge < -0.3 is 4.74 Å². The lowest BCUT2D eigenvalue weighted by Gasteiger charge is -2.09. The summed E-state index contributed by atoms with van der Waals surface area (Å²) < 4.78 is 5.65. The van der Waals surface area contributed by atoms with Gasteiger partial charge in [-0.25, -0.2) is 0 Å². The highest BCUT2D eigenvalue weighted by Gasteiger charge is 2.23. The van der Waals surface area contributed by atoms with Crippen LogP contribution in [0.25, 0.3) is 0 Å². The van der Waals surface area contributed by atoms with E-state index in [4.69, 9.17) is 16.3 Å². The van der Waals surface area contributed by atoms with E-state index < -0.39 is 5.24 Å². The summed E-state index contributed by atoms with van der Waals surface area (Å²) in [6.45, 7) is 5.79. The average molecular weight is 223 g/mol. The average Bonchev–Trinajstić information content (AvgIpc) is 2.59. The summed E-state index contributed by atoms with van der Waals surface area (Å²) in [5.74, 6) is 0.745. The van der Waals surface area contributed by atoms with Crippen LogP contribution in [0.4, 0.5) is 0 Å². The van der Waals surface area contributed by atoms with Crippen molar-refractivity contribution >= 4 is 16.8 Å². The van der Waals surface area contributed by atoms with Crippen molar-refractivity contribution in [3.8, 4) is 5.75 Å². The van der Waals surface area contributed by atoms with Gasteiger partial charge in [-0.2, -0.15) is 0 Å². The zero-order valence-corrected chi connectivity index (χ0v) is 9.17. The summed E-state index contributed by atoms with van der Waals surface area (Å²) >= 11 is 5.39. The van der Waals surface area contributed by atoms with E-state index in [9.17, 15) is 4.79 Å². The van der Waals surface area contributed by atoms with Crippen LogP contribution in [0, 0.1) is 0 Å². The second-order valence-electron chi connectivity index (χ2n) is 3.75. The molecule has 0 N–H and O–H groups in total. The maximum absolute atomic E-state index is 11.0. The van der Waals surface area contributed by atoms with Crippen molar-refractivity contribution in [2.75, 3.05) is 0 Å². The third-order valence-corrected chi connectivity index (χ3v) is 2.74. The largest absolute Gasteiger partial charge is 0.485 e. The molecule has 2 rings (SSSR count). The molecule has 1 aliphatic heterocycles. The molecule has 1 aromatic rings.